The molecule has 1 heterocycles. The Hall–Kier alpha value is -0.0800. The summed E-state index contributed by atoms with van der Waals surface area (Å²) in [6.45, 7) is 8.57. The van der Waals surface area contributed by atoms with E-state index in [0.717, 1.165) is 19.3 Å². The van der Waals surface area contributed by atoms with Crippen LogP contribution in [0.4, 0.5) is 0 Å². The molecule has 15 heavy (non-hydrogen) atoms. The second-order valence-corrected chi connectivity index (χ2v) is 5.49. The van der Waals surface area contributed by atoms with Gasteiger partial charge in [-0.1, -0.05) is 26.7 Å². The molecule has 0 aromatic rings. The zero-order chi connectivity index (χ0) is 11.5. The van der Waals surface area contributed by atoms with Crippen molar-refractivity contribution in [3.8, 4) is 0 Å². The molecule has 1 fully saturated rings. The topological polar surface area (TPSA) is 29.5 Å². The van der Waals surface area contributed by atoms with Crippen LogP contribution in [0.2, 0.25) is 0 Å². The lowest BCUT2D eigenvalue weighted by Crippen LogP contribution is -2.44. The fraction of sp³-hybridized carbons (Fsp3) is 1.00. The first kappa shape index (κ1) is 13.0. The molecule has 1 saturated heterocycles. The Morgan fingerprint density at radius 2 is 1.87 bits per heavy atom. The van der Waals surface area contributed by atoms with Crippen LogP contribution in [0.1, 0.15) is 59.8 Å². The van der Waals surface area contributed by atoms with Gasteiger partial charge >= 0.3 is 0 Å². The molecule has 0 aliphatic carbocycles. The van der Waals surface area contributed by atoms with Gasteiger partial charge in [-0.25, -0.2) is 0 Å². The Morgan fingerprint density at radius 1 is 1.33 bits per heavy atom. The molecule has 1 aliphatic heterocycles. The molecule has 1 rings (SSSR count). The van der Waals surface area contributed by atoms with Crippen molar-refractivity contribution in [3.05, 3.63) is 0 Å². The van der Waals surface area contributed by atoms with Gasteiger partial charge in [-0.05, 0) is 26.2 Å². The lowest BCUT2D eigenvalue weighted by Gasteiger charge is -2.40. The minimum atomic E-state index is -0.480. The van der Waals surface area contributed by atoms with Crippen molar-refractivity contribution in [3.63, 3.8) is 0 Å². The molecule has 0 aromatic heterocycles. The Kier molecular flexibility index (Phi) is 4.60. The van der Waals surface area contributed by atoms with Gasteiger partial charge in [-0.15, -0.1) is 0 Å². The molecule has 3 unspecified atom stereocenters. The van der Waals surface area contributed by atoms with E-state index in [-0.39, 0.29) is 12.2 Å². The van der Waals surface area contributed by atoms with E-state index in [1.54, 1.807) is 0 Å². The van der Waals surface area contributed by atoms with E-state index in [2.05, 4.69) is 27.7 Å². The van der Waals surface area contributed by atoms with Crippen LogP contribution < -0.4 is 0 Å². The van der Waals surface area contributed by atoms with E-state index >= 15 is 0 Å². The monoisotopic (exact) mass is 214 g/mol. The van der Waals surface area contributed by atoms with Crippen LogP contribution in [-0.2, 0) is 4.74 Å². The number of ether oxygens (including phenoxy) is 1. The number of hydrogen-bond acceptors (Lipinski definition) is 2. The molecule has 1 N–H and O–H groups in total. The van der Waals surface area contributed by atoms with E-state index < -0.39 is 5.60 Å². The highest BCUT2D eigenvalue weighted by molar-refractivity contribution is 4.88. The molecule has 0 saturated carbocycles. The molecule has 3 atom stereocenters. The molecule has 1 aliphatic rings. The summed E-state index contributed by atoms with van der Waals surface area (Å²) in [6, 6.07) is 0. The second-order valence-electron chi connectivity index (χ2n) is 5.49. The van der Waals surface area contributed by atoms with Crippen molar-refractivity contribution in [1.29, 1.82) is 0 Å². The number of hydrogen-bond donors (Lipinski definition) is 1. The molecule has 0 amide bonds. The average Bonchev–Trinajstić information content (AvgIpc) is 1.99. The zero-order valence-corrected chi connectivity index (χ0v) is 10.6. The van der Waals surface area contributed by atoms with Gasteiger partial charge < -0.3 is 9.84 Å². The van der Waals surface area contributed by atoms with E-state index in [9.17, 15) is 5.11 Å². The number of rotatable bonds is 4. The third kappa shape index (κ3) is 4.12. The maximum Gasteiger partial charge on any atom is 0.0699 e. The van der Waals surface area contributed by atoms with Gasteiger partial charge in [0.2, 0.25) is 0 Å². The smallest absolute Gasteiger partial charge is 0.0699 e. The summed E-state index contributed by atoms with van der Waals surface area (Å²) < 4.78 is 5.66. The Morgan fingerprint density at radius 3 is 2.33 bits per heavy atom. The summed E-state index contributed by atoms with van der Waals surface area (Å²) in [7, 11) is 0. The first-order valence-electron chi connectivity index (χ1n) is 6.33. The SMILES string of the molecule is CCCC(C)CC1(O)CC(C)OC(C)C1. The van der Waals surface area contributed by atoms with Crippen LogP contribution in [0.25, 0.3) is 0 Å². The minimum absolute atomic E-state index is 0.201. The molecule has 0 radical (unpaired) electrons. The maximum absolute atomic E-state index is 10.5. The van der Waals surface area contributed by atoms with Gasteiger partial charge in [0, 0.05) is 12.8 Å². The van der Waals surface area contributed by atoms with Crippen molar-refractivity contribution in [2.45, 2.75) is 77.6 Å². The van der Waals surface area contributed by atoms with Crippen LogP contribution in [0, 0.1) is 5.92 Å². The van der Waals surface area contributed by atoms with E-state index in [1.807, 2.05) is 0 Å². The molecular weight excluding hydrogens is 188 g/mol. The Balaban J connectivity index is 2.49. The van der Waals surface area contributed by atoms with Crippen molar-refractivity contribution in [2.75, 3.05) is 0 Å². The first-order valence-corrected chi connectivity index (χ1v) is 6.33. The fourth-order valence-corrected chi connectivity index (χ4v) is 3.06. The summed E-state index contributed by atoms with van der Waals surface area (Å²) in [6.07, 6.45) is 5.35. The van der Waals surface area contributed by atoms with Crippen LogP contribution in [-0.4, -0.2) is 22.9 Å². The van der Waals surface area contributed by atoms with E-state index in [4.69, 9.17) is 4.74 Å². The standard InChI is InChI=1S/C13H26O2/c1-5-6-10(2)7-13(14)8-11(3)15-12(4)9-13/h10-12,14H,5-9H2,1-4H3. The van der Waals surface area contributed by atoms with Gasteiger partial charge in [0.1, 0.15) is 0 Å². The van der Waals surface area contributed by atoms with E-state index in [1.165, 1.54) is 12.8 Å². The van der Waals surface area contributed by atoms with Crippen molar-refractivity contribution >= 4 is 0 Å². The normalized spacial score (nSPS) is 39.0. The Bertz CT molecular complexity index is 181. The summed E-state index contributed by atoms with van der Waals surface area (Å²) in [4.78, 5) is 0. The predicted molar refractivity (Wildman–Crippen MR) is 62.9 cm³/mol. The Labute approximate surface area is 94.0 Å². The summed E-state index contributed by atoms with van der Waals surface area (Å²) in [5.74, 6) is 0.623. The summed E-state index contributed by atoms with van der Waals surface area (Å²) in [5, 5.41) is 10.5. The average molecular weight is 214 g/mol. The third-order valence-corrected chi connectivity index (χ3v) is 3.31. The molecular formula is C13H26O2. The quantitative estimate of drug-likeness (QED) is 0.779. The molecule has 2 heteroatoms. The van der Waals surface area contributed by atoms with Gasteiger partial charge in [-0.2, -0.15) is 0 Å². The minimum Gasteiger partial charge on any atom is -0.390 e. The molecule has 0 bridgehead atoms. The highest BCUT2D eigenvalue weighted by Gasteiger charge is 2.37. The maximum atomic E-state index is 10.5. The first-order chi connectivity index (χ1) is 6.95. The lowest BCUT2D eigenvalue weighted by molar-refractivity contribution is -0.138. The predicted octanol–water partition coefficient (Wildman–Crippen LogP) is 3.13. The van der Waals surface area contributed by atoms with Crippen molar-refractivity contribution in [2.24, 2.45) is 5.92 Å². The van der Waals surface area contributed by atoms with Gasteiger partial charge in [-0.3, -0.25) is 0 Å². The highest BCUT2D eigenvalue weighted by atomic mass is 16.5. The van der Waals surface area contributed by atoms with Crippen LogP contribution in [0.5, 0.6) is 0 Å². The summed E-state index contributed by atoms with van der Waals surface area (Å²) in [5.41, 5.74) is -0.480. The molecule has 90 valence electrons. The zero-order valence-electron chi connectivity index (χ0n) is 10.6. The second kappa shape index (κ2) is 5.31. The van der Waals surface area contributed by atoms with Crippen molar-refractivity contribution < 1.29 is 9.84 Å². The van der Waals surface area contributed by atoms with E-state index in [0.29, 0.717) is 5.92 Å². The van der Waals surface area contributed by atoms with Crippen molar-refractivity contribution in [1.82, 2.24) is 0 Å². The van der Waals surface area contributed by atoms with Crippen LogP contribution >= 0.6 is 0 Å². The molecule has 0 spiro atoms. The lowest BCUT2D eigenvalue weighted by atomic mass is 9.80. The van der Waals surface area contributed by atoms with Gasteiger partial charge in [0.15, 0.2) is 0 Å². The molecule has 2 nitrogen and oxygen atoms in total. The van der Waals surface area contributed by atoms with Gasteiger partial charge in [0.25, 0.3) is 0 Å². The highest BCUT2D eigenvalue weighted by Crippen LogP contribution is 2.34. The van der Waals surface area contributed by atoms with Crippen LogP contribution in [0.3, 0.4) is 0 Å². The largest absolute Gasteiger partial charge is 0.390 e. The van der Waals surface area contributed by atoms with Crippen LogP contribution in [0.15, 0.2) is 0 Å². The molecule has 0 aromatic carbocycles. The fourth-order valence-electron chi connectivity index (χ4n) is 3.06. The van der Waals surface area contributed by atoms with Gasteiger partial charge in [0.05, 0.1) is 17.8 Å². The summed E-state index contributed by atoms with van der Waals surface area (Å²) >= 11 is 0. The number of aliphatic hydroxyl groups is 1. The third-order valence-electron chi connectivity index (χ3n) is 3.31.